The number of benzene rings is 2. The van der Waals surface area contributed by atoms with E-state index in [0.717, 1.165) is 42.8 Å². The number of carbonyl (C=O) groups excluding carboxylic acids is 2. The Bertz CT molecular complexity index is 837. The summed E-state index contributed by atoms with van der Waals surface area (Å²) in [6.07, 6.45) is 2.65. The van der Waals surface area contributed by atoms with Crippen molar-refractivity contribution in [3.63, 3.8) is 0 Å². The van der Waals surface area contributed by atoms with Crippen molar-refractivity contribution >= 4 is 11.9 Å². The molecule has 1 fully saturated rings. The number of hydrogen-bond donors (Lipinski definition) is 3. The minimum Gasteiger partial charge on any atom is -0.496 e. The largest absolute Gasteiger partial charge is 0.496 e. The molecule has 1 saturated heterocycles. The lowest BCUT2D eigenvalue weighted by atomic mass is 10.0. The zero-order valence-corrected chi connectivity index (χ0v) is 17.3. The van der Waals surface area contributed by atoms with E-state index in [-0.39, 0.29) is 11.9 Å². The van der Waals surface area contributed by atoms with Crippen LogP contribution >= 0.6 is 0 Å². The Labute approximate surface area is 177 Å². The second-order valence-electron chi connectivity index (χ2n) is 7.50. The van der Waals surface area contributed by atoms with E-state index in [4.69, 9.17) is 10.5 Å². The molecule has 0 spiro atoms. The number of para-hydroxylation sites is 1. The van der Waals surface area contributed by atoms with Crippen LogP contribution in [-0.2, 0) is 11.2 Å². The average molecular weight is 411 g/mol. The fraction of sp³-hybridized carbons (Fsp3) is 0.391. The van der Waals surface area contributed by atoms with Gasteiger partial charge in [-0.15, -0.1) is 0 Å². The van der Waals surface area contributed by atoms with E-state index in [1.165, 1.54) is 0 Å². The average Bonchev–Trinajstić information content (AvgIpc) is 3.28. The van der Waals surface area contributed by atoms with E-state index in [1.807, 2.05) is 54.6 Å². The van der Waals surface area contributed by atoms with Crippen molar-refractivity contribution in [3.8, 4) is 5.75 Å². The van der Waals surface area contributed by atoms with Crippen LogP contribution in [0.3, 0.4) is 0 Å². The molecule has 4 N–H and O–H groups in total. The number of rotatable bonds is 9. The molecule has 0 unspecified atom stereocenters. The Morgan fingerprint density at radius 1 is 1.07 bits per heavy atom. The molecule has 2 aromatic rings. The van der Waals surface area contributed by atoms with Gasteiger partial charge in [0.2, 0.25) is 5.91 Å². The van der Waals surface area contributed by atoms with Gasteiger partial charge in [0.25, 0.3) is 0 Å². The van der Waals surface area contributed by atoms with Crippen molar-refractivity contribution in [1.29, 1.82) is 0 Å². The Hall–Kier alpha value is -3.06. The molecule has 0 bridgehead atoms. The molecule has 0 aliphatic carbocycles. The van der Waals surface area contributed by atoms with Gasteiger partial charge in [0.15, 0.2) is 0 Å². The lowest BCUT2D eigenvalue weighted by Gasteiger charge is -2.30. The number of methoxy groups -OCH3 is 1. The first-order valence-corrected chi connectivity index (χ1v) is 10.3. The number of urea groups is 1. The highest BCUT2D eigenvalue weighted by molar-refractivity contribution is 5.86. The van der Waals surface area contributed by atoms with Gasteiger partial charge in [-0.05, 0) is 37.6 Å². The number of ether oxygens (including phenoxy) is 1. The smallest absolute Gasteiger partial charge is 0.312 e. The van der Waals surface area contributed by atoms with Crippen molar-refractivity contribution in [2.75, 3.05) is 26.7 Å². The summed E-state index contributed by atoms with van der Waals surface area (Å²) < 4.78 is 5.56. The maximum atomic E-state index is 13.0. The summed E-state index contributed by atoms with van der Waals surface area (Å²) in [5.41, 5.74) is 7.31. The maximum Gasteiger partial charge on any atom is 0.312 e. The topological polar surface area (TPSA) is 96.7 Å². The highest BCUT2D eigenvalue weighted by atomic mass is 16.5. The lowest BCUT2D eigenvalue weighted by molar-refractivity contribution is -0.123. The standard InChI is InChI=1S/C23H30N4O3/c1-30-21-12-6-5-11-18(21)20(27-13-7-8-14-27)16-25-22(28)19(26-23(24)29)15-17-9-3-2-4-10-17/h2-6,9-12,19-20H,7-8,13-16H2,1H3,(H,25,28)(H3,24,26,29)/t19-,20-/m0/s1. The van der Waals surface area contributed by atoms with E-state index in [2.05, 4.69) is 15.5 Å². The Morgan fingerprint density at radius 2 is 1.73 bits per heavy atom. The number of carbonyl (C=O) groups is 2. The van der Waals surface area contributed by atoms with Gasteiger partial charge in [0, 0.05) is 18.5 Å². The van der Waals surface area contributed by atoms with Crippen LogP contribution in [-0.4, -0.2) is 49.6 Å². The fourth-order valence-corrected chi connectivity index (χ4v) is 3.98. The molecule has 0 saturated carbocycles. The molecule has 3 amide bonds. The molecule has 0 aromatic heterocycles. The molecule has 1 heterocycles. The van der Waals surface area contributed by atoms with Crippen molar-refractivity contribution in [1.82, 2.24) is 15.5 Å². The first kappa shape index (κ1) is 21.6. The summed E-state index contributed by atoms with van der Waals surface area (Å²) in [5.74, 6) is 0.552. The number of primary amides is 1. The van der Waals surface area contributed by atoms with Gasteiger partial charge in [-0.3, -0.25) is 9.69 Å². The van der Waals surface area contributed by atoms with E-state index >= 15 is 0 Å². The monoisotopic (exact) mass is 410 g/mol. The van der Waals surface area contributed by atoms with Gasteiger partial charge in [-0.1, -0.05) is 48.5 Å². The normalized spacial score (nSPS) is 15.9. The molecule has 1 aliphatic heterocycles. The zero-order chi connectivity index (χ0) is 21.3. The highest BCUT2D eigenvalue weighted by Gasteiger charge is 2.28. The van der Waals surface area contributed by atoms with Crippen molar-refractivity contribution in [2.45, 2.75) is 31.3 Å². The van der Waals surface area contributed by atoms with Crippen molar-refractivity contribution < 1.29 is 14.3 Å². The quantitative estimate of drug-likeness (QED) is 0.591. The van der Waals surface area contributed by atoms with Crippen LogP contribution in [0.15, 0.2) is 54.6 Å². The molecule has 2 atom stereocenters. The summed E-state index contributed by atoms with van der Waals surface area (Å²) in [4.78, 5) is 26.8. The number of amides is 3. The molecular formula is C23H30N4O3. The molecule has 3 rings (SSSR count). The highest BCUT2D eigenvalue weighted by Crippen LogP contribution is 2.31. The van der Waals surface area contributed by atoms with Crippen molar-refractivity contribution in [3.05, 3.63) is 65.7 Å². The predicted molar refractivity (Wildman–Crippen MR) is 116 cm³/mol. The SMILES string of the molecule is COc1ccccc1[C@H](CNC(=O)[C@H](Cc1ccccc1)NC(N)=O)N1CCCC1. The summed E-state index contributed by atoms with van der Waals surface area (Å²) in [6, 6.07) is 16.0. The second kappa shape index (κ2) is 10.6. The van der Waals surface area contributed by atoms with Crippen LogP contribution in [0, 0.1) is 0 Å². The van der Waals surface area contributed by atoms with Gasteiger partial charge in [-0.2, -0.15) is 0 Å². The van der Waals surface area contributed by atoms with Crippen LogP contribution in [0.2, 0.25) is 0 Å². The first-order valence-electron chi connectivity index (χ1n) is 10.3. The third kappa shape index (κ3) is 5.73. The minimum atomic E-state index is -0.734. The molecule has 0 radical (unpaired) electrons. The number of likely N-dealkylation sites (tertiary alicyclic amines) is 1. The molecule has 30 heavy (non-hydrogen) atoms. The Kier molecular flexibility index (Phi) is 7.68. The van der Waals surface area contributed by atoms with Crippen molar-refractivity contribution in [2.24, 2.45) is 5.73 Å². The molecule has 7 nitrogen and oxygen atoms in total. The van der Waals surface area contributed by atoms with E-state index < -0.39 is 12.1 Å². The van der Waals surface area contributed by atoms with Crippen LogP contribution in [0.25, 0.3) is 0 Å². The van der Waals surface area contributed by atoms with E-state index in [9.17, 15) is 9.59 Å². The lowest BCUT2D eigenvalue weighted by Crippen LogP contribution is -2.51. The second-order valence-corrected chi connectivity index (χ2v) is 7.50. The van der Waals surface area contributed by atoms with Gasteiger partial charge in [0.05, 0.1) is 13.2 Å². The van der Waals surface area contributed by atoms with Gasteiger partial charge >= 0.3 is 6.03 Å². The van der Waals surface area contributed by atoms with Crippen LogP contribution in [0.4, 0.5) is 4.79 Å². The molecule has 160 valence electrons. The summed E-state index contributed by atoms with van der Waals surface area (Å²) >= 11 is 0. The molecule has 7 heteroatoms. The van der Waals surface area contributed by atoms with Crippen LogP contribution in [0.1, 0.15) is 30.0 Å². The third-order valence-corrected chi connectivity index (χ3v) is 5.46. The van der Waals surface area contributed by atoms with Gasteiger partial charge in [0.1, 0.15) is 11.8 Å². The summed E-state index contributed by atoms with van der Waals surface area (Å²) in [5, 5.41) is 5.60. The zero-order valence-electron chi connectivity index (χ0n) is 17.3. The van der Waals surface area contributed by atoms with Crippen LogP contribution in [0.5, 0.6) is 5.75 Å². The van der Waals surface area contributed by atoms with Gasteiger partial charge in [-0.25, -0.2) is 4.79 Å². The summed E-state index contributed by atoms with van der Waals surface area (Å²) in [7, 11) is 1.66. The minimum absolute atomic E-state index is 0.00134. The summed E-state index contributed by atoms with van der Waals surface area (Å²) in [6.45, 7) is 2.38. The van der Waals surface area contributed by atoms with E-state index in [0.29, 0.717) is 13.0 Å². The Balaban J connectivity index is 1.73. The maximum absolute atomic E-state index is 13.0. The number of hydrogen-bond acceptors (Lipinski definition) is 4. The Morgan fingerprint density at radius 3 is 2.40 bits per heavy atom. The third-order valence-electron chi connectivity index (χ3n) is 5.46. The molecule has 2 aromatic carbocycles. The first-order chi connectivity index (χ1) is 14.6. The number of nitrogens with zero attached hydrogens (tertiary/aromatic N) is 1. The predicted octanol–water partition coefficient (Wildman–Crippen LogP) is 2.23. The van der Waals surface area contributed by atoms with Crippen LogP contribution < -0.4 is 21.1 Å². The number of nitrogens with two attached hydrogens (primary N) is 1. The van der Waals surface area contributed by atoms with E-state index in [1.54, 1.807) is 7.11 Å². The molecular weight excluding hydrogens is 380 g/mol. The molecule has 1 aliphatic rings. The van der Waals surface area contributed by atoms with Gasteiger partial charge < -0.3 is 21.1 Å². The number of nitrogens with one attached hydrogen (secondary N) is 2. The fourth-order valence-electron chi connectivity index (χ4n) is 3.98.